The van der Waals surface area contributed by atoms with Crippen LogP contribution >= 0.6 is 11.8 Å². The van der Waals surface area contributed by atoms with Gasteiger partial charge in [-0.15, -0.1) is 18.3 Å². The van der Waals surface area contributed by atoms with Crippen molar-refractivity contribution in [3.8, 4) is 0 Å². The molecule has 0 radical (unpaired) electrons. The van der Waals surface area contributed by atoms with E-state index < -0.39 is 22.6 Å². The highest BCUT2D eigenvalue weighted by atomic mass is 32.2. The van der Waals surface area contributed by atoms with Crippen LogP contribution in [0.15, 0.2) is 12.7 Å². The highest BCUT2D eigenvalue weighted by molar-refractivity contribution is 8.02. The van der Waals surface area contributed by atoms with Crippen molar-refractivity contribution in [1.82, 2.24) is 9.80 Å². The fraction of sp³-hybridized carbons (Fsp3) is 0.783. The predicted molar refractivity (Wildman–Crippen MR) is 120 cm³/mol. The molecule has 0 saturated carbocycles. The SMILES string of the molecule is C=CCN(C(=O)C1N(CCCCO)C(=O)[C@@H]2[C@H](C(=O)OCC)[C@@H]3CC(C)C12S3)C(C)C. The van der Waals surface area contributed by atoms with Gasteiger partial charge in [-0.3, -0.25) is 14.4 Å². The summed E-state index contributed by atoms with van der Waals surface area (Å²) in [6.45, 7) is 12.8. The Kier molecular flexibility index (Phi) is 7.41. The number of likely N-dealkylation sites (tertiary alicyclic amines) is 1. The quantitative estimate of drug-likeness (QED) is 0.310. The number of unbranched alkanes of at least 4 members (excludes halogenated alkanes) is 1. The topological polar surface area (TPSA) is 87.2 Å². The number of aliphatic hydroxyl groups is 1. The smallest absolute Gasteiger partial charge is 0.310 e. The lowest BCUT2D eigenvalue weighted by molar-refractivity contribution is -0.154. The summed E-state index contributed by atoms with van der Waals surface area (Å²) >= 11 is 1.66. The molecule has 0 aliphatic carbocycles. The molecule has 7 nitrogen and oxygen atoms in total. The maximum Gasteiger partial charge on any atom is 0.310 e. The van der Waals surface area contributed by atoms with Crippen molar-refractivity contribution < 1.29 is 24.2 Å². The molecular formula is C23H36N2O5S. The van der Waals surface area contributed by atoms with E-state index in [1.165, 1.54) is 0 Å². The number of fused-ring (bicyclic) bond motifs is 1. The number of carbonyl (C=O) groups excluding carboxylic acids is 3. The zero-order chi connectivity index (χ0) is 22.9. The lowest BCUT2D eigenvalue weighted by Crippen LogP contribution is -2.58. The Morgan fingerprint density at radius 1 is 1.42 bits per heavy atom. The average molecular weight is 453 g/mol. The number of rotatable bonds is 10. The minimum Gasteiger partial charge on any atom is -0.466 e. The molecule has 0 aromatic carbocycles. The summed E-state index contributed by atoms with van der Waals surface area (Å²) in [5.41, 5.74) is 0. The van der Waals surface area contributed by atoms with Crippen molar-refractivity contribution in [3.63, 3.8) is 0 Å². The molecule has 1 N–H and O–H groups in total. The van der Waals surface area contributed by atoms with Crippen molar-refractivity contribution in [3.05, 3.63) is 12.7 Å². The first kappa shape index (κ1) is 24.1. The van der Waals surface area contributed by atoms with Crippen molar-refractivity contribution in [2.24, 2.45) is 17.8 Å². The van der Waals surface area contributed by atoms with Gasteiger partial charge in [0.2, 0.25) is 11.8 Å². The zero-order valence-corrected chi connectivity index (χ0v) is 19.9. The van der Waals surface area contributed by atoms with Gasteiger partial charge in [-0.25, -0.2) is 0 Å². The van der Waals surface area contributed by atoms with E-state index in [1.54, 1.807) is 34.6 Å². The number of hydrogen-bond acceptors (Lipinski definition) is 6. The largest absolute Gasteiger partial charge is 0.466 e. The van der Waals surface area contributed by atoms with Gasteiger partial charge in [0.25, 0.3) is 0 Å². The molecule has 3 unspecified atom stereocenters. The summed E-state index contributed by atoms with van der Waals surface area (Å²) in [6.07, 6.45) is 3.69. The van der Waals surface area contributed by atoms with Crippen molar-refractivity contribution in [2.75, 3.05) is 26.3 Å². The first-order valence-corrected chi connectivity index (χ1v) is 12.3. The van der Waals surface area contributed by atoms with Crippen LogP contribution in [0.1, 0.15) is 47.0 Å². The fourth-order valence-corrected chi connectivity index (χ4v) is 8.20. The van der Waals surface area contributed by atoms with E-state index in [0.29, 0.717) is 25.9 Å². The third kappa shape index (κ3) is 3.80. The lowest BCUT2D eigenvalue weighted by atomic mass is 9.66. The standard InChI is InChI=1S/C23H36N2O5S/c1-6-10-24(14(3)4)21(28)19-23-15(5)13-16(31-23)17(22(29)30-7-2)18(23)20(27)25(19)11-8-9-12-26/h6,14-19,26H,1,7-13H2,2-5H3/t15?,16-,17+,18-,19?,23?/m0/s1. The Morgan fingerprint density at radius 2 is 2.13 bits per heavy atom. The molecule has 1 spiro atoms. The maximum atomic E-state index is 13.9. The molecule has 3 heterocycles. The normalized spacial score (nSPS) is 33.7. The Labute approximate surface area is 189 Å². The average Bonchev–Trinajstić information content (AvgIpc) is 3.30. The van der Waals surface area contributed by atoms with E-state index in [1.807, 2.05) is 13.8 Å². The molecule has 3 rings (SSSR count). The van der Waals surface area contributed by atoms with Gasteiger partial charge in [-0.05, 0) is 46.0 Å². The highest BCUT2D eigenvalue weighted by Crippen LogP contribution is 2.68. The van der Waals surface area contributed by atoms with E-state index >= 15 is 0 Å². The Hall–Kier alpha value is -1.54. The van der Waals surface area contributed by atoms with Crippen LogP contribution in [0.25, 0.3) is 0 Å². The summed E-state index contributed by atoms with van der Waals surface area (Å²) < 4.78 is 4.73. The van der Waals surface area contributed by atoms with Crippen LogP contribution in [0.3, 0.4) is 0 Å². The number of esters is 1. The van der Waals surface area contributed by atoms with E-state index in [0.717, 1.165) is 6.42 Å². The molecule has 3 saturated heterocycles. The molecule has 3 fully saturated rings. The predicted octanol–water partition coefficient (Wildman–Crippen LogP) is 2.08. The van der Waals surface area contributed by atoms with Crippen LogP contribution in [0.2, 0.25) is 0 Å². The van der Waals surface area contributed by atoms with Gasteiger partial charge in [0.15, 0.2) is 0 Å². The summed E-state index contributed by atoms with van der Waals surface area (Å²) in [5, 5.41) is 9.24. The molecule has 3 aliphatic heterocycles. The number of aliphatic hydroxyl groups excluding tert-OH is 1. The van der Waals surface area contributed by atoms with Crippen LogP contribution < -0.4 is 0 Å². The third-order valence-corrected chi connectivity index (χ3v) is 9.15. The highest BCUT2D eigenvalue weighted by Gasteiger charge is 2.76. The number of ether oxygens (including phenoxy) is 1. The van der Waals surface area contributed by atoms with Gasteiger partial charge < -0.3 is 19.6 Å². The third-order valence-electron chi connectivity index (χ3n) is 7.08. The van der Waals surface area contributed by atoms with E-state index in [2.05, 4.69) is 13.5 Å². The second-order valence-electron chi connectivity index (χ2n) is 9.14. The number of carbonyl (C=O) groups is 3. The molecule has 2 bridgehead atoms. The van der Waals surface area contributed by atoms with E-state index in [-0.39, 0.29) is 48.2 Å². The number of hydrogen-bond donors (Lipinski definition) is 1. The Bertz CT molecular complexity index is 729. The molecule has 0 aromatic heterocycles. The van der Waals surface area contributed by atoms with E-state index in [9.17, 15) is 19.5 Å². The summed E-state index contributed by atoms with van der Waals surface area (Å²) in [6, 6.07) is -0.648. The molecule has 6 atom stereocenters. The Balaban J connectivity index is 2.05. The lowest BCUT2D eigenvalue weighted by Gasteiger charge is -2.41. The number of thioether (sulfide) groups is 1. The number of amides is 2. The summed E-state index contributed by atoms with van der Waals surface area (Å²) in [4.78, 5) is 44.0. The van der Waals surface area contributed by atoms with Gasteiger partial charge in [0, 0.05) is 31.0 Å². The monoisotopic (exact) mass is 452 g/mol. The van der Waals surface area contributed by atoms with Crippen LogP contribution in [0, 0.1) is 17.8 Å². The minimum absolute atomic E-state index is 0.00444. The fourth-order valence-electron chi connectivity index (χ4n) is 5.79. The van der Waals surface area contributed by atoms with Crippen molar-refractivity contribution in [1.29, 1.82) is 0 Å². The van der Waals surface area contributed by atoms with Crippen LogP contribution in [0.4, 0.5) is 0 Å². The Morgan fingerprint density at radius 3 is 2.71 bits per heavy atom. The summed E-state index contributed by atoms with van der Waals surface area (Å²) in [7, 11) is 0. The first-order chi connectivity index (χ1) is 14.8. The number of nitrogens with zero attached hydrogens (tertiary/aromatic N) is 2. The van der Waals surface area contributed by atoms with Gasteiger partial charge in [0.1, 0.15) is 6.04 Å². The molecule has 3 aliphatic rings. The molecule has 174 valence electrons. The van der Waals surface area contributed by atoms with Crippen LogP contribution in [-0.4, -0.2) is 81.1 Å². The molecular weight excluding hydrogens is 416 g/mol. The van der Waals surface area contributed by atoms with Crippen LogP contribution in [-0.2, 0) is 19.1 Å². The molecule has 8 heteroatoms. The van der Waals surface area contributed by atoms with E-state index in [4.69, 9.17) is 4.74 Å². The summed E-state index contributed by atoms with van der Waals surface area (Å²) in [5.74, 6) is -1.40. The zero-order valence-electron chi connectivity index (χ0n) is 19.1. The minimum atomic E-state index is -0.621. The van der Waals surface area contributed by atoms with Crippen molar-refractivity contribution in [2.45, 2.75) is 69.0 Å². The second kappa shape index (κ2) is 9.53. The van der Waals surface area contributed by atoms with Gasteiger partial charge >= 0.3 is 5.97 Å². The maximum absolute atomic E-state index is 13.9. The van der Waals surface area contributed by atoms with Gasteiger partial charge in [-0.1, -0.05) is 13.0 Å². The molecule has 0 aromatic rings. The molecule has 2 amide bonds. The van der Waals surface area contributed by atoms with Gasteiger partial charge in [-0.2, -0.15) is 0 Å². The van der Waals surface area contributed by atoms with Crippen LogP contribution in [0.5, 0.6) is 0 Å². The first-order valence-electron chi connectivity index (χ1n) is 11.4. The van der Waals surface area contributed by atoms with Crippen molar-refractivity contribution >= 4 is 29.5 Å². The second-order valence-corrected chi connectivity index (χ2v) is 10.7. The van der Waals surface area contributed by atoms with Gasteiger partial charge in [0.05, 0.1) is 23.2 Å². The molecule has 31 heavy (non-hydrogen) atoms.